The van der Waals surface area contributed by atoms with Crippen molar-refractivity contribution >= 4 is 28.5 Å². The zero-order chi connectivity index (χ0) is 22.5. The molecule has 0 saturated carbocycles. The van der Waals surface area contributed by atoms with Crippen LogP contribution in [0, 0.1) is 0 Å². The lowest BCUT2D eigenvalue weighted by molar-refractivity contribution is -0.123. The van der Waals surface area contributed by atoms with Crippen molar-refractivity contribution in [1.29, 1.82) is 0 Å². The summed E-state index contributed by atoms with van der Waals surface area (Å²) in [7, 11) is 0. The molecule has 4 rings (SSSR count). The highest BCUT2D eigenvalue weighted by Crippen LogP contribution is 2.28. The van der Waals surface area contributed by atoms with E-state index < -0.39 is 0 Å². The molecule has 2 amide bonds. The summed E-state index contributed by atoms with van der Waals surface area (Å²) in [5, 5.41) is 4.71. The number of carbonyl (C=O) groups is 2. The lowest BCUT2D eigenvalue weighted by Gasteiger charge is -2.35. The number of amides is 2. The van der Waals surface area contributed by atoms with Crippen molar-refractivity contribution in [2.75, 3.05) is 37.7 Å². The first-order valence-corrected chi connectivity index (χ1v) is 10.8. The number of nitrogens with one attached hydrogen (secondary N) is 1. The van der Waals surface area contributed by atoms with Crippen molar-refractivity contribution in [1.82, 2.24) is 20.2 Å². The molecule has 0 bridgehead atoms. The van der Waals surface area contributed by atoms with Crippen molar-refractivity contribution in [3.8, 4) is 5.75 Å². The quantitative estimate of drug-likeness (QED) is 0.643. The Labute approximate surface area is 187 Å². The summed E-state index contributed by atoms with van der Waals surface area (Å²) in [5.74, 6) is 0.763. The topological polar surface area (TPSA) is 87.7 Å². The summed E-state index contributed by atoms with van der Waals surface area (Å²) >= 11 is 0. The summed E-state index contributed by atoms with van der Waals surface area (Å²) in [6.45, 7) is 6.04. The Morgan fingerprint density at radius 3 is 2.31 bits per heavy atom. The highest BCUT2D eigenvalue weighted by molar-refractivity contribution is 6.02. The summed E-state index contributed by atoms with van der Waals surface area (Å²) in [6.07, 6.45) is 3.43. The fourth-order valence-corrected chi connectivity index (χ4v) is 3.75. The predicted molar refractivity (Wildman–Crippen MR) is 123 cm³/mol. The third kappa shape index (κ3) is 4.96. The maximum absolute atomic E-state index is 13.4. The molecule has 2 heterocycles. The van der Waals surface area contributed by atoms with Crippen LogP contribution in [0.4, 0.5) is 5.95 Å². The largest absolute Gasteiger partial charge is 0.483 e. The van der Waals surface area contributed by atoms with Crippen molar-refractivity contribution < 1.29 is 14.3 Å². The predicted octanol–water partition coefficient (Wildman–Crippen LogP) is 2.50. The molecule has 1 fully saturated rings. The van der Waals surface area contributed by atoms with Gasteiger partial charge in [0.25, 0.3) is 11.8 Å². The SMILES string of the molecule is CC(C)NC(=O)COc1cc2ccccc2cc1C(=O)N1CCN(c2ncccn2)CC1. The summed E-state index contributed by atoms with van der Waals surface area (Å²) < 4.78 is 5.82. The summed E-state index contributed by atoms with van der Waals surface area (Å²) in [6, 6.07) is 13.3. The molecule has 1 aliphatic rings. The molecule has 32 heavy (non-hydrogen) atoms. The number of hydrogen-bond acceptors (Lipinski definition) is 6. The minimum Gasteiger partial charge on any atom is -0.483 e. The smallest absolute Gasteiger partial charge is 0.258 e. The van der Waals surface area contributed by atoms with E-state index in [4.69, 9.17) is 4.74 Å². The number of nitrogens with zero attached hydrogens (tertiary/aromatic N) is 4. The number of hydrogen-bond donors (Lipinski definition) is 1. The summed E-state index contributed by atoms with van der Waals surface area (Å²) in [5.41, 5.74) is 0.463. The van der Waals surface area contributed by atoms with E-state index in [0.717, 1.165) is 10.8 Å². The van der Waals surface area contributed by atoms with Gasteiger partial charge in [0.2, 0.25) is 5.95 Å². The van der Waals surface area contributed by atoms with Gasteiger partial charge in [0.05, 0.1) is 5.56 Å². The summed E-state index contributed by atoms with van der Waals surface area (Å²) in [4.78, 5) is 38.0. The van der Waals surface area contributed by atoms with Crippen molar-refractivity contribution in [3.63, 3.8) is 0 Å². The van der Waals surface area contributed by atoms with Crippen molar-refractivity contribution in [3.05, 3.63) is 60.4 Å². The van der Waals surface area contributed by atoms with Gasteiger partial charge in [-0.05, 0) is 42.8 Å². The number of anilines is 1. The van der Waals surface area contributed by atoms with Crippen LogP contribution in [0.2, 0.25) is 0 Å². The van der Waals surface area contributed by atoms with Crippen molar-refractivity contribution in [2.45, 2.75) is 19.9 Å². The van der Waals surface area contributed by atoms with E-state index in [-0.39, 0.29) is 24.5 Å². The van der Waals surface area contributed by atoms with Gasteiger partial charge < -0.3 is 19.9 Å². The standard InChI is InChI=1S/C24H27N5O3/c1-17(2)27-22(30)16-32-21-15-19-7-4-3-6-18(19)14-20(21)23(31)28-10-12-29(13-11-28)24-25-8-5-9-26-24/h3-9,14-15,17H,10-13,16H2,1-2H3,(H,27,30). The highest BCUT2D eigenvalue weighted by atomic mass is 16.5. The van der Waals surface area contributed by atoms with E-state index in [1.54, 1.807) is 18.5 Å². The van der Waals surface area contributed by atoms with Gasteiger partial charge in [-0.15, -0.1) is 0 Å². The molecule has 1 N–H and O–H groups in total. The fraction of sp³-hybridized carbons (Fsp3) is 0.333. The fourth-order valence-electron chi connectivity index (χ4n) is 3.75. The Morgan fingerprint density at radius 1 is 1.00 bits per heavy atom. The van der Waals surface area contributed by atoms with Crippen LogP contribution in [-0.2, 0) is 4.79 Å². The molecule has 3 aromatic rings. The Kier molecular flexibility index (Phi) is 6.49. The molecular weight excluding hydrogens is 406 g/mol. The van der Waals surface area contributed by atoms with E-state index >= 15 is 0 Å². The van der Waals surface area contributed by atoms with Gasteiger partial charge in [0.1, 0.15) is 5.75 Å². The maximum Gasteiger partial charge on any atom is 0.258 e. The number of benzene rings is 2. The molecule has 1 aromatic heterocycles. The Morgan fingerprint density at radius 2 is 1.66 bits per heavy atom. The average molecular weight is 434 g/mol. The van der Waals surface area contributed by atoms with E-state index in [1.165, 1.54) is 0 Å². The van der Waals surface area contributed by atoms with Gasteiger partial charge in [0.15, 0.2) is 6.61 Å². The zero-order valence-electron chi connectivity index (χ0n) is 18.3. The second kappa shape index (κ2) is 9.64. The van der Waals surface area contributed by atoms with Gasteiger partial charge in [-0.3, -0.25) is 9.59 Å². The van der Waals surface area contributed by atoms with Crippen molar-refractivity contribution in [2.24, 2.45) is 0 Å². The molecule has 8 nitrogen and oxygen atoms in total. The van der Waals surface area contributed by atoms with Crippen LogP contribution in [0.3, 0.4) is 0 Å². The van der Waals surface area contributed by atoms with Crippen LogP contribution in [0.5, 0.6) is 5.75 Å². The van der Waals surface area contributed by atoms with Gasteiger partial charge in [0, 0.05) is 44.6 Å². The van der Waals surface area contributed by atoms with Crippen LogP contribution < -0.4 is 15.0 Å². The minimum absolute atomic E-state index is 0.0219. The van der Waals surface area contributed by atoms with E-state index in [1.807, 2.05) is 55.1 Å². The Bertz CT molecular complexity index is 1100. The molecule has 0 unspecified atom stereocenters. The number of aromatic nitrogens is 2. The molecule has 0 atom stereocenters. The first kappa shape index (κ1) is 21.5. The van der Waals surface area contributed by atoms with Crippen LogP contribution in [-0.4, -0.2) is 65.5 Å². The first-order chi connectivity index (χ1) is 15.5. The van der Waals surface area contributed by atoms with Gasteiger partial charge in [-0.25, -0.2) is 9.97 Å². The number of piperazine rings is 1. The molecule has 0 aliphatic carbocycles. The molecule has 2 aromatic carbocycles. The minimum atomic E-state index is -0.219. The van der Waals surface area contributed by atoms with Gasteiger partial charge in [-0.2, -0.15) is 0 Å². The molecule has 0 spiro atoms. The molecule has 1 aliphatic heterocycles. The van der Waals surface area contributed by atoms with Crippen LogP contribution in [0.15, 0.2) is 54.9 Å². The lowest BCUT2D eigenvalue weighted by Crippen LogP contribution is -2.49. The monoisotopic (exact) mass is 433 g/mol. The molecular formula is C24H27N5O3. The van der Waals surface area contributed by atoms with Crippen LogP contribution >= 0.6 is 0 Å². The third-order valence-corrected chi connectivity index (χ3v) is 5.29. The molecule has 8 heteroatoms. The molecule has 1 saturated heterocycles. The second-order valence-electron chi connectivity index (χ2n) is 8.03. The van der Waals surface area contributed by atoms with Crippen LogP contribution in [0.25, 0.3) is 10.8 Å². The second-order valence-corrected chi connectivity index (χ2v) is 8.03. The number of ether oxygens (including phenoxy) is 1. The van der Waals surface area contributed by atoms with E-state index in [9.17, 15) is 9.59 Å². The molecule has 166 valence electrons. The maximum atomic E-state index is 13.4. The highest BCUT2D eigenvalue weighted by Gasteiger charge is 2.26. The van der Waals surface area contributed by atoms with E-state index in [2.05, 4.69) is 20.2 Å². The average Bonchev–Trinajstić information content (AvgIpc) is 2.82. The Balaban J connectivity index is 1.52. The van der Waals surface area contributed by atoms with Gasteiger partial charge >= 0.3 is 0 Å². The number of fused-ring (bicyclic) bond motifs is 1. The van der Waals surface area contributed by atoms with Crippen LogP contribution in [0.1, 0.15) is 24.2 Å². The normalized spacial score (nSPS) is 14.0. The third-order valence-electron chi connectivity index (χ3n) is 5.29. The lowest BCUT2D eigenvalue weighted by atomic mass is 10.0. The number of rotatable bonds is 6. The Hall–Kier alpha value is -3.68. The van der Waals surface area contributed by atoms with Gasteiger partial charge in [-0.1, -0.05) is 24.3 Å². The molecule has 0 radical (unpaired) electrons. The first-order valence-electron chi connectivity index (χ1n) is 10.8. The zero-order valence-corrected chi connectivity index (χ0v) is 18.3. The number of carbonyl (C=O) groups excluding carboxylic acids is 2. The van der Waals surface area contributed by atoms with E-state index in [0.29, 0.717) is 43.4 Å².